The van der Waals surface area contributed by atoms with Crippen LogP contribution in [-0.2, 0) is 22.8 Å². The van der Waals surface area contributed by atoms with Gasteiger partial charge in [-0.15, -0.1) is 11.3 Å². The van der Waals surface area contributed by atoms with Crippen molar-refractivity contribution in [3.8, 4) is 0 Å². The van der Waals surface area contributed by atoms with Crippen LogP contribution < -0.4 is 5.73 Å². The van der Waals surface area contributed by atoms with Gasteiger partial charge in [0.1, 0.15) is 4.83 Å². The van der Waals surface area contributed by atoms with E-state index >= 15 is 0 Å². The van der Waals surface area contributed by atoms with Crippen molar-refractivity contribution >= 4 is 33.4 Å². The molecule has 2 N–H and O–H groups in total. The Morgan fingerprint density at radius 3 is 2.84 bits per heavy atom. The van der Waals surface area contributed by atoms with E-state index in [1.165, 1.54) is 18.0 Å². The minimum Gasteiger partial charge on any atom is -0.377 e. The van der Waals surface area contributed by atoms with Crippen LogP contribution >= 0.6 is 11.3 Å². The lowest BCUT2D eigenvalue weighted by Gasteiger charge is -2.34. The van der Waals surface area contributed by atoms with Crippen LogP contribution in [0.15, 0.2) is 6.07 Å². The average molecular weight is 376 g/mol. The lowest BCUT2D eigenvalue weighted by molar-refractivity contribution is -0.140. The Bertz CT molecular complexity index is 829. The number of aromatic nitrogens is 2. The molecule has 25 heavy (non-hydrogen) atoms. The van der Waals surface area contributed by atoms with Gasteiger partial charge in [-0.1, -0.05) is 0 Å². The Balaban J connectivity index is 1.95. The third-order valence-corrected chi connectivity index (χ3v) is 5.11. The first kappa shape index (κ1) is 17.7. The van der Waals surface area contributed by atoms with E-state index in [4.69, 9.17) is 10.5 Å². The molecular formula is C14H15F3N4O3S. The van der Waals surface area contributed by atoms with E-state index in [9.17, 15) is 22.8 Å². The zero-order valence-corrected chi connectivity index (χ0v) is 14.0. The molecule has 2 aromatic heterocycles. The van der Waals surface area contributed by atoms with Gasteiger partial charge in [0.15, 0.2) is 5.69 Å². The molecule has 3 heterocycles. The fraction of sp³-hybridized carbons (Fsp3) is 0.500. The summed E-state index contributed by atoms with van der Waals surface area (Å²) in [5.41, 5.74) is 4.17. The minimum atomic E-state index is -4.60. The lowest BCUT2D eigenvalue weighted by Crippen LogP contribution is -2.50. The van der Waals surface area contributed by atoms with Crippen molar-refractivity contribution in [1.29, 1.82) is 0 Å². The first-order valence-electron chi connectivity index (χ1n) is 7.39. The smallest absolute Gasteiger partial charge is 0.377 e. The van der Waals surface area contributed by atoms with Crippen molar-refractivity contribution in [3.05, 3.63) is 16.6 Å². The molecular weight excluding hydrogens is 361 g/mol. The van der Waals surface area contributed by atoms with Gasteiger partial charge in [0.25, 0.3) is 5.91 Å². The minimum absolute atomic E-state index is 0.0635. The number of carbonyl (C=O) groups is 2. The summed E-state index contributed by atoms with van der Waals surface area (Å²) in [6.45, 7) is 0.700. The van der Waals surface area contributed by atoms with Crippen LogP contribution in [-0.4, -0.2) is 52.3 Å². The molecule has 1 saturated heterocycles. The van der Waals surface area contributed by atoms with E-state index in [1.807, 2.05) is 0 Å². The van der Waals surface area contributed by atoms with Gasteiger partial charge < -0.3 is 15.4 Å². The molecule has 1 aliphatic rings. The average Bonchev–Trinajstić information content (AvgIpc) is 3.07. The largest absolute Gasteiger partial charge is 0.435 e. The fourth-order valence-electron chi connectivity index (χ4n) is 2.82. The highest BCUT2D eigenvalue weighted by Gasteiger charge is 2.38. The summed E-state index contributed by atoms with van der Waals surface area (Å²) in [6, 6.07) is 0.679. The number of fused-ring (bicyclic) bond motifs is 1. The number of nitrogens with zero attached hydrogens (tertiary/aromatic N) is 3. The summed E-state index contributed by atoms with van der Waals surface area (Å²) in [4.78, 5) is 25.8. The van der Waals surface area contributed by atoms with Crippen molar-refractivity contribution < 1.29 is 27.5 Å². The second-order valence-electron chi connectivity index (χ2n) is 5.70. The predicted molar refractivity (Wildman–Crippen MR) is 83.0 cm³/mol. The van der Waals surface area contributed by atoms with Gasteiger partial charge >= 0.3 is 6.18 Å². The number of carbonyl (C=O) groups excluding carboxylic acids is 2. The van der Waals surface area contributed by atoms with Crippen molar-refractivity contribution in [3.63, 3.8) is 0 Å². The monoisotopic (exact) mass is 376 g/mol. The summed E-state index contributed by atoms with van der Waals surface area (Å²) in [5.74, 6) is -1.02. The maximum absolute atomic E-state index is 13.1. The zero-order valence-electron chi connectivity index (χ0n) is 13.2. The highest BCUT2D eigenvalue weighted by atomic mass is 32.1. The molecule has 0 saturated carbocycles. The molecule has 1 atom stereocenters. The lowest BCUT2D eigenvalue weighted by atomic mass is 10.1. The van der Waals surface area contributed by atoms with Crippen LogP contribution in [0.25, 0.3) is 10.2 Å². The maximum Gasteiger partial charge on any atom is 0.435 e. The Labute approximate surface area is 144 Å². The Kier molecular flexibility index (Phi) is 4.45. The van der Waals surface area contributed by atoms with E-state index in [-0.39, 0.29) is 34.7 Å². The van der Waals surface area contributed by atoms with Gasteiger partial charge in [-0.05, 0) is 6.07 Å². The Morgan fingerprint density at radius 1 is 1.48 bits per heavy atom. The van der Waals surface area contributed by atoms with Gasteiger partial charge in [0.2, 0.25) is 5.91 Å². The number of halogens is 3. The number of hydrogen-bond acceptors (Lipinski definition) is 5. The molecule has 3 rings (SSSR count). The number of alkyl halides is 3. The van der Waals surface area contributed by atoms with Crippen LogP contribution in [0.4, 0.5) is 13.2 Å². The van der Waals surface area contributed by atoms with E-state index in [2.05, 4.69) is 5.10 Å². The molecule has 2 aromatic rings. The van der Waals surface area contributed by atoms with E-state index in [0.717, 1.165) is 16.0 Å². The quantitative estimate of drug-likeness (QED) is 0.876. The molecule has 1 aliphatic heterocycles. The number of morpholine rings is 1. The molecule has 0 radical (unpaired) electrons. The Morgan fingerprint density at radius 2 is 2.20 bits per heavy atom. The zero-order chi connectivity index (χ0) is 18.4. The fourth-order valence-corrected chi connectivity index (χ4v) is 3.85. The van der Waals surface area contributed by atoms with Crippen molar-refractivity contribution in [1.82, 2.24) is 14.7 Å². The van der Waals surface area contributed by atoms with E-state index in [0.29, 0.717) is 6.61 Å². The Hall–Kier alpha value is -2.14. The molecule has 0 unspecified atom stereocenters. The number of nitrogens with two attached hydrogens (primary N) is 1. The predicted octanol–water partition coefficient (Wildman–Crippen LogP) is 1.37. The molecule has 136 valence electrons. The number of ether oxygens (including phenoxy) is 1. The second kappa shape index (κ2) is 6.30. The highest BCUT2D eigenvalue weighted by Crippen LogP contribution is 2.37. The third-order valence-electron chi connectivity index (χ3n) is 3.92. The molecule has 1 fully saturated rings. The third kappa shape index (κ3) is 3.33. The van der Waals surface area contributed by atoms with Crippen LogP contribution in [0.2, 0.25) is 0 Å². The van der Waals surface area contributed by atoms with Crippen molar-refractivity contribution in [2.45, 2.75) is 18.6 Å². The summed E-state index contributed by atoms with van der Waals surface area (Å²) >= 11 is 0.936. The molecule has 0 bridgehead atoms. The van der Waals surface area contributed by atoms with Crippen LogP contribution in [0.5, 0.6) is 0 Å². The maximum atomic E-state index is 13.1. The van der Waals surface area contributed by atoms with E-state index in [1.54, 1.807) is 0 Å². The van der Waals surface area contributed by atoms with Gasteiger partial charge in [-0.2, -0.15) is 18.3 Å². The number of thiophene rings is 1. The summed E-state index contributed by atoms with van der Waals surface area (Å²) in [6.07, 6.45) is -4.67. The van der Waals surface area contributed by atoms with Crippen LogP contribution in [0, 0.1) is 0 Å². The molecule has 0 aliphatic carbocycles. The number of primary amides is 1. The number of aryl methyl sites for hydroxylation is 1. The SMILES string of the molecule is Cn1nc(C(F)(F)F)c2cc(C(=O)N3CCOC[C@@H]3CC(N)=O)sc21. The van der Waals surface area contributed by atoms with Gasteiger partial charge in [0, 0.05) is 25.4 Å². The van der Waals surface area contributed by atoms with Crippen molar-refractivity contribution in [2.75, 3.05) is 19.8 Å². The number of rotatable bonds is 3. The topological polar surface area (TPSA) is 90.4 Å². The van der Waals surface area contributed by atoms with Gasteiger partial charge in [-0.25, -0.2) is 0 Å². The van der Waals surface area contributed by atoms with Crippen LogP contribution in [0.1, 0.15) is 21.8 Å². The summed E-state index contributed by atoms with van der Waals surface area (Å²) < 4.78 is 45.6. The standard InChI is InChI=1S/C14H15F3N4O3S/c1-20-13-8(11(19-20)14(15,16)17)5-9(25-13)12(23)21-2-3-24-6-7(21)4-10(18)22/h5,7H,2-4,6H2,1H3,(H2,18,22)/t7-/m0/s1. The molecule has 0 spiro atoms. The second-order valence-corrected chi connectivity index (χ2v) is 6.73. The highest BCUT2D eigenvalue weighted by molar-refractivity contribution is 7.20. The molecule has 11 heteroatoms. The number of amides is 2. The normalized spacial score (nSPS) is 18.7. The van der Waals surface area contributed by atoms with Crippen LogP contribution in [0.3, 0.4) is 0 Å². The number of hydrogen-bond donors (Lipinski definition) is 1. The summed E-state index contributed by atoms with van der Waals surface area (Å²) in [5, 5.41) is 3.38. The summed E-state index contributed by atoms with van der Waals surface area (Å²) in [7, 11) is 1.40. The van der Waals surface area contributed by atoms with Gasteiger partial charge in [0.05, 0.1) is 24.1 Å². The van der Waals surface area contributed by atoms with Crippen molar-refractivity contribution in [2.24, 2.45) is 12.8 Å². The first-order valence-corrected chi connectivity index (χ1v) is 8.21. The van der Waals surface area contributed by atoms with Gasteiger partial charge in [-0.3, -0.25) is 14.3 Å². The molecule has 2 amide bonds. The first-order chi connectivity index (χ1) is 11.7. The molecule has 0 aromatic carbocycles. The van der Waals surface area contributed by atoms with E-state index < -0.39 is 29.7 Å². The molecule has 7 nitrogen and oxygen atoms in total.